The van der Waals surface area contributed by atoms with Gasteiger partial charge in [-0.25, -0.2) is 4.39 Å². The molecule has 0 spiro atoms. The summed E-state index contributed by atoms with van der Waals surface area (Å²) in [5.41, 5.74) is 0.708. The van der Waals surface area contributed by atoms with Crippen LogP contribution in [0.3, 0.4) is 0 Å². The predicted octanol–water partition coefficient (Wildman–Crippen LogP) is 4.45. The maximum absolute atomic E-state index is 14.7. The molecule has 0 radical (unpaired) electrons. The van der Waals surface area contributed by atoms with Crippen molar-refractivity contribution < 1.29 is 26.9 Å². The lowest BCUT2D eigenvalue weighted by Crippen LogP contribution is -2.46. The molecule has 1 saturated heterocycles. The molecule has 1 amide bonds. The number of alkyl halides is 4. The van der Waals surface area contributed by atoms with E-state index in [9.17, 15) is 22.4 Å². The first-order chi connectivity index (χ1) is 19.3. The molecule has 3 aromatic heterocycles. The largest absolute Gasteiger partial charge is 0.394 e. The number of carbonyl (C=O) groups excluding carboxylic acids is 1. The van der Waals surface area contributed by atoms with Gasteiger partial charge in [0, 0.05) is 36.4 Å². The second-order valence-electron chi connectivity index (χ2n) is 11.3. The fourth-order valence-electron chi connectivity index (χ4n) is 4.83. The van der Waals surface area contributed by atoms with Crippen molar-refractivity contribution in [2.75, 3.05) is 25.5 Å². The van der Waals surface area contributed by atoms with Crippen molar-refractivity contribution in [3.8, 4) is 5.95 Å². The standard InChI is InChI=1S/C27H32F4N8O2/c1-26(2,3)38-11-8-16(14-38)24(40)32-13-22-34-25(36-41-22)39-21(12-27(29,30)31)17-6-5-7-20(23(17)35-39)33-19-9-10-37(4)15-18(19)28/h5-8,11,14,18-19,33H,9-10,12-13,15H2,1-4H3,(H,32,40)/t18-,19+/m0/s1. The van der Waals surface area contributed by atoms with Crippen molar-refractivity contribution in [2.24, 2.45) is 0 Å². The summed E-state index contributed by atoms with van der Waals surface area (Å²) in [5.74, 6) is -0.589. The van der Waals surface area contributed by atoms with Gasteiger partial charge in [0.25, 0.3) is 11.9 Å². The third-order valence-corrected chi connectivity index (χ3v) is 7.03. The summed E-state index contributed by atoms with van der Waals surface area (Å²) in [5, 5.41) is 14.3. The van der Waals surface area contributed by atoms with E-state index in [2.05, 4.69) is 25.9 Å². The zero-order valence-electron chi connectivity index (χ0n) is 23.2. The molecule has 4 aromatic rings. The molecule has 41 heavy (non-hydrogen) atoms. The molecule has 2 N–H and O–H groups in total. The van der Waals surface area contributed by atoms with Crippen molar-refractivity contribution in [3.63, 3.8) is 0 Å². The summed E-state index contributed by atoms with van der Waals surface area (Å²) < 4.78 is 63.7. The van der Waals surface area contributed by atoms with Crippen LogP contribution in [0.2, 0.25) is 0 Å². The van der Waals surface area contributed by atoms with Crippen LogP contribution < -0.4 is 10.6 Å². The Kier molecular flexibility index (Phi) is 7.53. The van der Waals surface area contributed by atoms with E-state index < -0.39 is 24.8 Å². The molecule has 220 valence electrons. The average molecular weight is 577 g/mol. The number of piperidine rings is 1. The Morgan fingerprint density at radius 3 is 2.66 bits per heavy atom. The summed E-state index contributed by atoms with van der Waals surface area (Å²) in [7, 11) is 1.84. The van der Waals surface area contributed by atoms with Gasteiger partial charge in [-0.15, -0.1) is 0 Å². The zero-order chi connectivity index (χ0) is 29.5. The minimum atomic E-state index is -4.55. The highest BCUT2D eigenvalue weighted by Crippen LogP contribution is 2.32. The Morgan fingerprint density at radius 1 is 1.20 bits per heavy atom. The highest BCUT2D eigenvalue weighted by atomic mass is 19.4. The van der Waals surface area contributed by atoms with Crippen molar-refractivity contribution in [3.05, 3.63) is 53.8 Å². The average Bonchev–Trinajstić information content (AvgIpc) is 3.63. The molecule has 5 rings (SSSR count). The summed E-state index contributed by atoms with van der Waals surface area (Å²) in [6, 6.07) is 5.96. The molecular formula is C27H32F4N8O2. The smallest absolute Gasteiger partial charge is 0.377 e. The van der Waals surface area contributed by atoms with Crippen LogP contribution in [0.25, 0.3) is 16.9 Å². The quantitative estimate of drug-likeness (QED) is 0.313. The molecule has 14 heteroatoms. The highest BCUT2D eigenvalue weighted by Gasteiger charge is 2.34. The Balaban J connectivity index is 1.40. The van der Waals surface area contributed by atoms with E-state index in [1.807, 2.05) is 37.3 Å². The number of fused-ring (bicyclic) bond motifs is 1. The van der Waals surface area contributed by atoms with E-state index in [-0.39, 0.29) is 53.0 Å². The van der Waals surface area contributed by atoms with Gasteiger partial charge in [0.1, 0.15) is 11.7 Å². The second kappa shape index (κ2) is 10.8. The van der Waals surface area contributed by atoms with Gasteiger partial charge in [0.05, 0.1) is 36.0 Å². The molecule has 0 bridgehead atoms. The van der Waals surface area contributed by atoms with Crippen LogP contribution >= 0.6 is 0 Å². The van der Waals surface area contributed by atoms with Gasteiger partial charge in [-0.2, -0.15) is 27.9 Å². The minimum Gasteiger partial charge on any atom is -0.377 e. The van der Waals surface area contributed by atoms with Gasteiger partial charge in [-0.05, 0) is 51.5 Å². The number of amides is 1. The van der Waals surface area contributed by atoms with Crippen LogP contribution in [0.5, 0.6) is 0 Å². The van der Waals surface area contributed by atoms with Crippen LogP contribution in [0.4, 0.5) is 23.2 Å². The molecule has 1 aliphatic heterocycles. The summed E-state index contributed by atoms with van der Waals surface area (Å²) in [6.45, 7) is 6.82. The van der Waals surface area contributed by atoms with Crippen LogP contribution in [0, 0.1) is 0 Å². The summed E-state index contributed by atoms with van der Waals surface area (Å²) in [4.78, 5) is 18.7. The van der Waals surface area contributed by atoms with Crippen LogP contribution in [-0.4, -0.2) is 73.8 Å². The van der Waals surface area contributed by atoms with Gasteiger partial charge in [-0.1, -0.05) is 12.1 Å². The van der Waals surface area contributed by atoms with E-state index in [1.54, 1.807) is 30.6 Å². The molecular weight excluding hydrogens is 544 g/mol. The number of nitrogens with zero attached hydrogens (tertiary/aromatic N) is 6. The van der Waals surface area contributed by atoms with Crippen molar-refractivity contribution in [2.45, 2.75) is 64.1 Å². The number of benzene rings is 1. The number of hydrogen-bond donors (Lipinski definition) is 2. The first kappa shape index (κ1) is 28.6. The molecule has 10 nitrogen and oxygen atoms in total. The van der Waals surface area contributed by atoms with E-state index >= 15 is 0 Å². The molecule has 1 fully saturated rings. The lowest BCUT2D eigenvalue weighted by molar-refractivity contribution is -0.128. The Morgan fingerprint density at radius 2 is 1.98 bits per heavy atom. The topological polar surface area (TPSA) is 106 Å². The summed E-state index contributed by atoms with van der Waals surface area (Å²) >= 11 is 0. The van der Waals surface area contributed by atoms with Gasteiger partial charge < -0.3 is 24.6 Å². The van der Waals surface area contributed by atoms with Crippen molar-refractivity contribution in [1.82, 2.24) is 34.7 Å². The third kappa shape index (κ3) is 6.37. The van der Waals surface area contributed by atoms with Gasteiger partial charge >= 0.3 is 6.18 Å². The molecule has 0 unspecified atom stereocenters. The van der Waals surface area contributed by atoms with Crippen LogP contribution in [0.15, 0.2) is 41.2 Å². The number of nitrogens with one attached hydrogen (secondary N) is 2. The van der Waals surface area contributed by atoms with E-state index in [0.717, 1.165) is 4.68 Å². The third-order valence-electron chi connectivity index (χ3n) is 7.03. The Labute approximate surface area is 233 Å². The molecule has 1 aliphatic rings. The molecule has 0 saturated carbocycles. The maximum Gasteiger partial charge on any atom is 0.394 e. The van der Waals surface area contributed by atoms with E-state index in [1.165, 1.54) is 6.07 Å². The van der Waals surface area contributed by atoms with Crippen molar-refractivity contribution >= 4 is 22.5 Å². The zero-order valence-corrected chi connectivity index (χ0v) is 23.2. The number of anilines is 1. The molecule has 0 aliphatic carbocycles. The number of carbonyl (C=O) groups is 1. The van der Waals surface area contributed by atoms with Crippen LogP contribution in [0.1, 0.15) is 49.1 Å². The fourth-order valence-corrected chi connectivity index (χ4v) is 4.83. The first-order valence-corrected chi connectivity index (χ1v) is 13.2. The van der Waals surface area contributed by atoms with E-state index in [0.29, 0.717) is 24.2 Å². The highest BCUT2D eigenvalue weighted by molar-refractivity contribution is 5.94. The van der Waals surface area contributed by atoms with E-state index in [4.69, 9.17) is 4.52 Å². The van der Waals surface area contributed by atoms with Crippen molar-refractivity contribution in [1.29, 1.82) is 0 Å². The maximum atomic E-state index is 14.7. The van der Waals surface area contributed by atoms with Gasteiger partial charge in [-0.3, -0.25) is 4.79 Å². The lowest BCUT2D eigenvalue weighted by atomic mass is 10.0. The molecule has 1 aromatic carbocycles. The first-order valence-electron chi connectivity index (χ1n) is 13.2. The monoisotopic (exact) mass is 576 g/mol. The van der Waals surface area contributed by atoms with Gasteiger partial charge in [0.15, 0.2) is 0 Å². The Hall–Kier alpha value is -3.94. The summed E-state index contributed by atoms with van der Waals surface area (Å²) in [6.07, 6.45) is -2.94. The number of likely N-dealkylation sites (tertiary alicyclic amines) is 1. The normalized spacial score (nSPS) is 18.6. The SMILES string of the molecule is CN1CC[C@@H](Nc2cccc3c(CC(F)(F)F)n(-c4noc(CNC(=O)c5ccn(C(C)(C)C)c5)n4)nc23)[C@@H](F)C1. The second-order valence-corrected chi connectivity index (χ2v) is 11.3. The number of hydrogen-bond acceptors (Lipinski definition) is 7. The minimum absolute atomic E-state index is 0.00827. The fraction of sp³-hybridized carbons (Fsp3) is 0.481. The number of aromatic nitrogens is 5. The van der Waals surface area contributed by atoms with Crippen LogP contribution in [-0.2, 0) is 18.5 Å². The lowest BCUT2D eigenvalue weighted by Gasteiger charge is -2.33. The molecule has 4 heterocycles. The Bertz CT molecular complexity index is 1530. The number of rotatable bonds is 7. The number of halogens is 4. The van der Waals surface area contributed by atoms with Gasteiger partial charge in [0.2, 0.25) is 5.89 Å². The predicted molar refractivity (Wildman–Crippen MR) is 144 cm³/mol. The molecule has 2 atom stereocenters.